The molecule has 1 aliphatic rings. The Labute approximate surface area is 116 Å². The molecular formula is C15H27N3O. The second-order valence-corrected chi connectivity index (χ2v) is 5.82. The van der Waals surface area contributed by atoms with Gasteiger partial charge in [-0.3, -0.25) is 4.90 Å². The predicted molar refractivity (Wildman–Crippen MR) is 76.8 cm³/mol. The molecule has 1 N–H and O–H groups in total. The molecule has 0 aliphatic heterocycles. The van der Waals surface area contributed by atoms with Crippen LogP contribution in [0.15, 0.2) is 10.6 Å². The summed E-state index contributed by atoms with van der Waals surface area (Å²) < 4.78 is 5.46. The monoisotopic (exact) mass is 265 g/mol. The molecule has 2 rings (SSSR count). The maximum Gasteiger partial charge on any atom is 0.151 e. The second kappa shape index (κ2) is 7.06. The number of nitrogens with one attached hydrogen (secondary N) is 1. The Balaban J connectivity index is 1.87. The van der Waals surface area contributed by atoms with E-state index >= 15 is 0 Å². The topological polar surface area (TPSA) is 41.3 Å². The summed E-state index contributed by atoms with van der Waals surface area (Å²) in [4.78, 5) is 2.52. The Kier molecular flexibility index (Phi) is 5.40. The lowest BCUT2D eigenvalue weighted by molar-refractivity contribution is 0.178. The van der Waals surface area contributed by atoms with Gasteiger partial charge in [0.05, 0.1) is 12.2 Å². The molecule has 0 atom stereocenters. The van der Waals surface area contributed by atoms with Gasteiger partial charge in [-0.15, -0.1) is 0 Å². The Bertz CT molecular complexity index is 369. The number of hydrogen-bond acceptors (Lipinski definition) is 4. The SMILES string of the molecule is CCN(Cc1cc(CNC(C)C)no1)C1CCCC1. The van der Waals surface area contributed by atoms with E-state index in [2.05, 4.69) is 42.2 Å². The van der Waals surface area contributed by atoms with Crippen molar-refractivity contribution >= 4 is 0 Å². The van der Waals surface area contributed by atoms with Crippen LogP contribution in [0.2, 0.25) is 0 Å². The Morgan fingerprint density at radius 1 is 1.42 bits per heavy atom. The van der Waals surface area contributed by atoms with E-state index in [1.807, 2.05) is 0 Å². The molecule has 0 amide bonds. The van der Waals surface area contributed by atoms with Gasteiger partial charge in [0.1, 0.15) is 0 Å². The van der Waals surface area contributed by atoms with E-state index in [1.54, 1.807) is 0 Å². The van der Waals surface area contributed by atoms with Gasteiger partial charge in [0.15, 0.2) is 5.76 Å². The van der Waals surface area contributed by atoms with E-state index in [0.29, 0.717) is 6.04 Å². The van der Waals surface area contributed by atoms with Crippen LogP contribution in [0.25, 0.3) is 0 Å². The zero-order chi connectivity index (χ0) is 13.7. The van der Waals surface area contributed by atoms with Gasteiger partial charge >= 0.3 is 0 Å². The van der Waals surface area contributed by atoms with Crippen molar-refractivity contribution in [3.05, 3.63) is 17.5 Å². The van der Waals surface area contributed by atoms with E-state index in [1.165, 1.54) is 25.7 Å². The van der Waals surface area contributed by atoms with E-state index in [4.69, 9.17) is 4.52 Å². The first-order valence-corrected chi connectivity index (χ1v) is 7.61. The number of aromatic nitrogens is 1. The van der Waals surface area contributed by atoms with E-state index < -0.39 is 0 Å². The smallest absolute Gasteiger partial charge is 0.151 e. The van der Waals surface area contributed by atoms with Crippen molar-refractivity contribution in [2.24, 2.45) is 0 Å². The maximum absolute atomic E-state index is 5.46. The van der Waals surface area contributed by atoms with Gasteiger partial charge in [-0.25, -0.2) is 0 Å². The highest BCUT2D eigenvalue weighted by atomic mass is 16.5. The molecule has 0 spiro atoms. The number of nitrogens with zero attached hydrogens (tertiary/aromatic N) is 2. The summed E-state index contributed by atoms with van der Waals surface area (Å²) >= 11 is 0. The lowest BCUT2D eigenvalue weighted by Crippen LogP contribution is -2.32. The van der Waals surface area contributed by atoms with Crippen molar-refractivity contribution < 1.29 is 4.52 Å². The largest absolute Gasteiger partial charge is 0.360 e. The third-order valence-corrected chi connectivity index (χ3v) is 3.91. The van der Waals surface area contributed by atoms with Crippen LogP contribution in [0.1, 0.15) is 57.9 Å². The molecule has 0 saturated heterocycles. The minimum absolute atomic E-state index is 0.478. The highest BCUT2D eigenvalue weighted by Gasteiger charge is 2.22. The van der Waals surface area contributed by atoms with Gasteiger partial charge in [0.2, 0.25) is 0 Å². The van der Waals surface area contributed by atoms with Crippen molar-refractivity contribution in [3.63, 3.8) is 0 Å². The van der Waals surface area contributed by atoms with Crippen LogP contribution in [-0.2, 0) is 13.1 Å². The van der Waals surface area contributed by atoms with Gasteiger partial charge < -0.3 is 9.84 Å². The molecule has 1 aliphatic carbocycles. The fourth-order valence-electron chi connectivity index (χ4n) is 2.79. The van der Waals surface area contributed by atoms with Crippen molar-refractivity contribution in [2.45, 2.75) is 71.6 Å². The highest BCUT2D eigenvalue weighted by molar-refractivity contribution is 5.05. The van der Waals surface area contributed by atoms with E-state index in [9.17, 15) is 0 Å². The minimum atomic E-state index is 0.478. The van der Waals surface area contributed by atoms with Crippen LogP contribution >= 0.6 is 0 Å². The molecule has 1 heterocycles. The lowest BCUT2D eigenvalue weighted by atomic mass is 10.2. The molecule has 4 heteroatoms. The second-order valence-electron chi connectivity index (χ2n) is 5.82. The maximum atomic E-state index is 5.46. The van der Waals surface area contributed by atoms with Gasteiger partial charge in [-0.2, -0.15) is 0 Å². The first-order valence-electron chi connectivity index (χ1n) is 7.61. The Morgan fingerprint density at radius 2 is 2.16 bits per heavy atom. The summed E-state index contributed by atoms with van der Waals surface area (Å²) in [7, 11) is 0. The molecule has 0 radical (unpaired) electrons. The molecule has 4 nitrogen and oxygen atoms in total. The van der Waals surface area contributed by atoms with Crippen LogP contribution in [0, 0.1) is 0 Å². The number of rotatable bonds is 7. The van der Waals surface area contributed by atoms with Crippen LogP contribution in [0.3, 0.4) is 0 Å². The van der Waals surface area contributed by atoms with Gasteiger partial charge in [-0.05, 0) is 19.4 Å². The zero-order valence-electron chi connectivity index (χ0n) is 12.5. The molecule has 108 valence electrons. The van der Waals surface area contributed by atoms with E-state index in [0.717, 1.165) is 37.1 Å². The van der Waals surface area contributed by atoms with E-state index in [-0.39, 0.29) is 0 Å². The quantitative estimate of drug-likeness (QED) is 0.823. The summed E-state index contributed by atoms with van der Waals surface area (Å²) in [6.07, 6.45) is 5.43. The fraction of sp³-hybridized carbons (Fsp3) is 0.800. The predicted octanol–water partition coefficient (Wildman–Crippen LogP) is 2.94. The minimum Gasteiger partial charge on any atom is -0.360 e. The molecule has 1 fully saturated rings. The van der Waals surface area contributed by atoms with Crippen molar-refractivity contribution in [3.8, 4) is 0 Å². The summed E-state index contributed by atoms with van der Waals surface area (Å²) in [6.45, 7) is 9.28. The van der Waals surface area contributed by atoms with Crippen LogP contribution in [-0.4, -0.2) is 28.7 Å². The highest BCUT2D eigenvalue weighted by Crippen LogP contribution is 2.24. The lowest BCUT2D eigenvalue weighted by Gasteiger charge is -2.25. The molecule has 1 aromatic heterocycles. The Morgan fingerprint density at radius 3 is 2.79 bits per heavy atom. The van der Waals surface area contributed by atoms with Crippen molar-refractivity contribution in [1.29, 1.82) is 0 Å². The average Bonchev–Trinajstić information content (AvgIpc) is 3.05. The number of hydrogen-bond donors (Lipinski definition) is 1. The zero-order valence-corrected chi connectivity index (χ0v) is 12.5. The third kappa shape index (κ3) is 4.32. The summed E-state index contributed by atoms with van der Waals surface area (Å²) in [5, 5.41) is 7.50. The van der Waals surface area contributed by atoms with Crippen molar-refractivity contribution in [1.82, 2.24) is 15.4 Å². The molecule has 1 saturated carbocycles. The molecule has 0 aromatic carbocycles. The standard InChI is InChI=1S/C15H27N3O/c1-4-18(14-7-5-6-8-14)11-15-9-13(17-19-15)10-16-12(2)3/h9,12,14,16H,4-8,10-11H2,1-3H3. The Hall–Kier alpha value is -0.870. The van der Waals surface area contributed by atoms with Gasteiger partial charge in [0.25, 0.3) is 0 Å². The fourth-order valence-corrected chi connectivity index (χ4v) is 2.79. The van der Waals surface area contributed by atoms with Gasteiger partial charge in [-0.1, -0.05) is 38.8 Å². The molecule has 1 aromatic rings. The molecular weight excluding hydrogens is 238 g/mol. The summed E-state index contributed by atoms with van der Waals surface area (Å²) in [5.41, 5.74) is 1.01. The van der Waals surface area contributed by atoms with Crippen LogP contribution < -0.4 is 5.32 Å². The average molecular weight is 265 g/mol. The summed E-state index contributed by atoms with van der Waals surface area (Å²) in [5.74, 6) is 0.995. The molecule has 0 bridgehead atoms. The van der Waals surface area contributed by atoms with Gasteiger partial charge in [0, 0.05) is 24.7 Å². The van der Waals surface area contributed by atoms with Crippen LogP contribution in [0.5, 0.6) is 0 Å². The van der Waals surface area contributed by atoms with Crippen LogP contribution in [0.4, 0.5) is 0 Å². The molecule has 0 unspecified atom stereocenters. The van der Waals surface area contributed by atoms with Crippen molar-refractivity contribution in [2.75, 3.05) is 6.54 Å². The third-order valence-electron chi connectivity index (χ3n) is 3.91. The normalized spacial score (nSPS) is 16.9. The first kappa shape index (κ1) is 14.5. The molecule has 19 heavy (non-hydrogen) atoms. The summed E-state index contributed by atoms with van der Waals surface area (Å²) in [6, 6.07) is 3.31. The first-order chi connectivity index (χ1) is 9.19.